The lowest BCUT2D eigenvalue weighted by Crippen LogP contribution is -2.21. The average Bonchev–Trinajstić information content (AvgIpc) is 3.02. The van der Waals surface area contributed by atoms with E-state index in [-0.39, 0.29) is 5.91 Å². The van der Waals surface area contributed by atoms with Crippen molar-refractivity contribution >= 4 is 52.2 Å². The van der Waals surface area contributed by atoms with Gasteiger partial charge in [-0.3, -0.25) is 4.79 Å². The topological polar surface area (TPSA) is 66.4 Å². The Balaban J connectivity index is 1.91. The first-order chi connectivity index (χ1) is 9.54. The fourth-order valence-corrected chi connectivity index (χ4v) is 3.19. The average molecular weight is 328 g/mol. The fraction of sp³-hybridized carbons (Fsp3) is 0.0769. The molecule has 0 atom stereocenters. The number of carboxylic acids is 1. The minimum Gasteiger partial charge on any atom is -0.478 e. The van der Waals surface area contributed by atoms with Crippen molar-refractivity contribution < 1.29 is 14.7 Å². The van der Waals surface area contributed by atoms with Gasteiger partial charge in [-0.05, 0) is 35.2 Å². The van der Waals surface area contributed by atoms with Crippen molar-refractivity contribution in [3.63, 3.8) is 0 Å². The number of hydrogen-bond donors (Lipinski definition) is 2. The summed E-state index contributed by atoms with van der Waals surface area (Å²) in [5, 5.41) is 13.2. The first-order valence-corrected chi connectivity index (χ1v) is 7.64. The van der Waals surface area contributed by atoms with E-state index in [0.29, 0.717) is 15.8 Å². The van der Waals surface area contributed by atoms with Crippen molar-refractivity contribution in [1.29, 1.82) is 0 Å². The molecule has 0 bridgehead atoms. The summed E-state index contributed by atoms with van der Waals surface area (Å²) in [6, 6.07) is 5.20. The molecule has 2 heterocycles. The maximum atomic E-state index is 11.8. The van der Waals surface area contributed by atoms with Crippen LogP contribution in [0.5, 0.6) is 0 Å². The Labute approximate surface area is 128 Å². The number of carbonyl (C=O) groups is 2. The normalized spacial score (nSPS) is 10.8. The van der Waals surface area contributed by atoms with Crippen molar-refractivity contribution in [2.75, 3.05) is 0 Å². The number of halogens is 1. The molecule has 20 heavy (non-hydrogen) atoms. The zero-order chi connectivity index (χ0) is 14.5. The molecule has 1 amide bonds. The van der Waals surface area contributed by atoms with E-state index in [4.69, 9.17) is 16.7 Å². The van der Waals surface area contributed by atoms with E-state index >= 15 is 0 Å². The molecule has 2 rings (SSSR count). The van der Waals surface area contributed by atoms with Crippen LogP contribution in [0.4, 0.5) is 0 Å². The standard InChI is InChI=1S/C13H10ClNO3S2/c14-11-3-2-10(20-11)13(18)15-6-9-5-8(7-19-9)1-4-12(16)17/h1-5,7H,6H2,(H,15,18)(H,16,17). The number of hydrogen-bond acceptors (Lipinski definition) is 4. The van der Waals surface area contributed by atoms with Crippen LogP contribution in [-0.2, 0) is 11.3 Å². The Bertz CT molecular complexity index is 660. The minimum absolute atomic E-state index is 0.169. The van der Waals surface area contributed by atoms with Crippen LogP contribution in [0.1, 0.15) is 20.1 Å². The molecule has 0 radical (unpaired) electrons. The first-order valence-electron chi connectivity index (χ1n) is 5.56. The van der Waals surface area contributed by atoms with E-state index in [1.165, 1.54) is 28.7 Å². The quantitative estimate of drug-likeness (QED) is 0.826. The third-order valence-electron chi connectivity index (χ3n) is 2.31. The molecule has 0 saturated carbocycles. The Morgan fingerprint density at radius 1 is 1.40 bits per heavy atom. The number of carbonyl (C=O) groups excluding carboxylic acids is 1. The van der Waals surface area contributed by atoms with Gasteiger partial charge in [-0.15, -0.1) is 22.7 Å². The second kappa shape index (κ2) is 6.69. The van der Waals surface area contributed by atoms with Gasteiger partial charge in [0.15, 0.2) is 0 Å². The molecule has 0 fully saturated rings. The molecule has 2 aromatic heterocycles. The number of rotatable bonds is 5. The first kappa shape index (κ1) is 14.8. The largest absolute Gasteiger partial charge is 0.478 e. The minimum atomic E-state index is -0.986. The number of thiophene rings is 2. The van der Waals surface area contributed by atoms with Crippen LogP contribution < -0.4 is 5.32 Å². The van der Waals surface area contributed by atoms with Crippen LogP contribution in [0.3, 0.4) is 0 Å². The van der Waals surface area contributed by atoms with Gasteiger partial charge >= 0.3 is 5.97 Å². The second-order valence-electron chi connectivity index (χ2n) is 3.80. The summed E-state index contributed by atoms with van der Waals surface area (Å²) in [6.07, 6.45) is 2.60. The van der Waals surface area contributed by atoms with E-state index < -0.39 is 5.97 Å². The molecule has 2 N–H and O–H groups in total. The van der Waals surface area contributed by atoms with Gasteiger partial charge in [-0.25, -0.2) is 4.79 Å². The van der Waals surface area contributed by atoms with Crippen LogP contribution in [0.2, 0.25) is 4.34 Å². The van der Waals surface area contributed by atoms with Crippen LogP contribution in [0.15, 0.2) is 29.7 Å². The molecule has 0 aliphatic carbocycles. The number of carboxylic acid groups (broad SMARTS) is 1. The highest BCUT2D eigenvalue weighted by Crippen LogP contribution is 2.21. The molecule has 0 aliphatic rings. The lowest BCUT2D eigenvalue weighted by Gasteiger charge is -2.00. The summed E-state index contributed by atoms with van der Waals surface area (Å²) in [7, 11) is 0. The van der Waals surface area contributed by atoms with Crippen molar-refractivity contribution in [1.82, 2.24) is 5.32 Å². The van der Waals surface area contributed by atoms with E-state index in [2.05, 4.69) is 5.32 Å². The zero-order valence-electron chi connectivity index (χ0n) is 10.1. The Hall–Kier alpha value is -1.63. The van der Waals surface area contributed by atoms with Gasteiger partial charge in [0.05, 0.1) is 15.8 Å². The predicted octanol–water partition coefficient (Wildman–Crippen LogP) is 3.49. The highest BCUT2D eigenvalue weighted by atomic mass is 35.5. The van der Waals surface area contributed by atoms with Gasteiger partial charge in [0, 0.05) is 11.0 Å². The third kappa shape index (κ3) is 4.19. The van der Waals surface area contributed by atoms with Gasteiger partial charge in [-0.2, -0.15) is 0 Å². The van der Waals surface area contributed by atoms with Crippen molar-refractivity contribution in [2.24, 2.45) is 0 Å². The molecule has 7 heteroatoms. The molecule has 0 aliphatic heterocycles. The number of nitrogens with one attached hydrogen (secondary N) is 1. The molecule has 4 nitrogen and oxygen atoms in total. The molecule has 0 unspecified atom stereocenters. The summed E-state index contributed by atoms with van der Waals surface area (Å²) >= 11 is 8.46. The van der Waals surface area contributed by atoms with E-state index in [9.17, 15) is 9.59 Å². The lowest BCUT2D eigenvalue weighted by molar-refractivity contribution is -0.131. The third-order valence-corrected chi connectivity index (χ3v) is 4.50. The van der Waals surface area contributed by atoms with E-state index in [1.54, 1.807) is 12.1 Å². The van der Waals surface area contributed by atoms with Crippen LogP contribution in [-0.4, -0.2) is 17.0 Å². The van der Waals surface area contributed by atoms with E-state index in [1.807, 2.05) is 11.4 Å². The molecule has 0 saturated heterocycles. The zero-order valence-corrected chi connectivity index (χ0v) is 12.5. The SMILES string of the molecule is O=C(O)C=Cc1csc(CNC(=O)c2ccc(Cl)s2)c1. The van der Waals surface area contributed by atoms with Crippen LogP contribution in [0.25, 0.3) is 6.08 Å². The molecule has 0 aromatic carbocycles. The summed E-state index contributed by atoms with van der Waals surface area (Å²) < 4.78 is 0.576. The van der Waals surface area contributed by atoms with Crippen molar-refractivity contribution in [2.45, 2.75) is 6.54 Å². The van der Waals surface area contributed by atoms with Crippen molar-refractivity contribution in [3.05, 3.63) is 49.3 Å². The number of amides is 1. The van der Waals surface area contributed by atoms with Gasteiger partial charge in [0.2, 0.25) is 0 Å². The fourth-order valence-electron chi connectivity index (χ4n) is 1.44. The second-order valence-corrected chi connectivity index (χ2v) is 6.52. The van der Waals surface area contributed by atoms with Crippen LogP contribution >= 0.6 is 34.3 Å². The van der Waals surface area contributed by atoms with Gasteiger partial charge in [0.1, 0.15) is 0 Å². The Kier molecular flexibility index (Phi) is 4.94. The monoisotopic (exact) mass is 327 g/mol. The Morgan fingerprint density at radius 3 is 2.85 bits per heavy atom. The summed E-state index contributed by atoms with van der Waals surface area (Å²) in [6.45, 7) is 0.403. The number of aliphatic carboxylic acids is 1. The van der Waals surface area contributed by atoms with Gasteiger partial charge < -0.3 is 10.4 Å². The highest BCUT2D eigenvalue weighted by molar-refractivity contribution is 7.18. The predicted molar refractivity (Wildman–Crippen MR) is 81.5 cm³/mol. The summed E-state index contributed by atoms with van der Waals surface area (Å²) in [5.41, 5.74) is 0.806. The summed E-state index contributed by atoms with van der Waals surface area (Å²) in [4.78, 5) is 23.7. The van der Waals surface area contributed by atoms with Gasteiger partial charge in [-0.1, -0.05) is 11.6 Å². The Morgan fingerprint density at radius 2 is 2.20 bits per heavy atom. The smallest absolute Gasteiger partial charge is 0.328 e. The maximum Gasteiger partial charge on any atom is 0.328 e. The van der Waals surface area contributed by atoms with Crippen LogP contribution in [0, 0.1) is 0 Å². The van der Waals surface area contributed by atoms with E-state index in [0.717, 1.165) is 16.5 Å². The molecule has 104 valence electrons. The molecular weight excluding hydrogens is 318 g/mol. The molecule has 0 spiro atoms. The lowest BCUT2D eigenvalue weighted by atomic mass is 10.3. The van der Waals surface area contributed by atoms with Gasteiger partial charge in [0.25, 0.3) is 5.91 Å². The maximum absolute atomic E-state index is 11.8. The molecule has 2 aromatic rings. The molecular formula is C13H10ClNO3S2. The highest BCUT2D eigenvalue weighted by Gasteiger charge is 2.08. The van der Waals surface area contributed by atoms with Crippen molar-refractivity contribution in [3.8, 4) is 0 Å². The summed E-state index contributed by atoms with van der Waals surface area (Å²) in [5.74, 6) is -1.15.